The van der Waals surface area contributed by atoms with Gasteiger partial charge in [-0.3, -0.25) is 4.79 Å². The average molecular weight is 163 g/mol. The Bertz CT molecular complexity index is 168. The zero-order valence-electron chi connectivity index (χ0n) is 5.85. The molecular formula is C5H9NO5. The Morgan fingerprint density at radius 1 is 1.55 bits per heavy atom. The molecule has 6 nitrogen and oxygen atoms in total. The minimum Gasteiger partial charge on any atom is -0.480 e. The van der Waals surface area contributed by atoms with E-state index in [1.165, 1.54) is 0 Å². The molecule has 0 aliphatic heterocycles. The quantitative estimate of drug-likeness (QED) is 0.412. The van der Waals surface area contributed by atoms with Crippen molar-refractivity contribution >= 4 is 11.9 Å². The van der Waals surface area contributed by atoms with Crippen molar-refractivity contribution in [1.82, 2.24) is 0 Å². The monoisotopic (exact) mass is 163 g/mol. The molecule has 6 heteroatoms. The van der Waals surface area contributed by atoms with Gasteiger partial charge in [0.25, 0.3) is 0 Å². The number of esters is 1. The molecule has 0 aromatic heterocycles. The summed E-state index contributed by atoms with van der Waals surface area (Å²) in [5, 5.41) is 17.0. The van der Waals surface area contributed by atoms with Crippen LogP contribution in [0, 0.1) is 0 Å². The Hall–Kier alpha value is -1.14. The Kier molecular flexibility index (Phi) is 3.49. The van der Waals surface area contributed by atoms with Gasteiger partial charge in [-0.2, -0.15) is 0 Å². The molecule has 0 spiro atoms. The molecule has 0 unspecified atom stereocenters. The fraction of sp³-hybridized carbons (Fsp3) is 0.600. The Labute approximate surface area is 62.6 Å². The Morgan fingerprint density at radius 2 is 2.00 bits per heavy atom. The number of hydrogen-bond acceptors (Lipinski definition) is 5. The van der Waals surface area contributed by atoms with Crippen molar-refractivity contribution in [3.8, 4) is 0 Å². The highest BCUT2D eigenvalue weighted by atomic mass is 16.5. The first kappa shape index (κ1) is 9.86. The van der Waals surface area contributed by atoms with Crippen LogP contribution in [-0.2, 0) is 14.3 Å². The summed E-state index contributed by atoms with van der Waals surface area (Å²) in [5.41, 5.74) is 4.89. The maximum Gasteiger partial charge on any atom is 0.336 e. The van der Waals surface area contributed by atoms with Gasteiger partial charge in [0.05, 0.1) is 7.11 Å². The molecule has 4 N–H and O–H groups in total. The lowest BCUT2D eigenvalue weighted by molar-refractivity contribution is -0.157. The summed E-state index contributed by atoms with van der Waals surface area (Å²) in [6.07, 6.45) is -1.81. The first-order valence-corrected chi connectivity index (χ1v) is 2.75. The summed E-state index contributed by atoms with van der Waals surface area (Å²) in [5.74, 6) is -2.51. The fourth-order valence-electron chi connectivity index (χ4n) is 0.402. The molecule has 0 saturated heterocycles. The molecule has 0 radical (unpaired) electrons. The first-order valence-electron chi connectivity index (χ1n) is 2.75. The van der Waals surface area contributed by atoms with Gasteiger partial charge in [-0.1, -0.05) is 0 Å². The second-order valence-electron chi connectivity index (χ2n) is 1.83. The number of hydrogen-bond donors (Lipinski definition) is 3. The number of ether oxygens (including phenoxy) is 1. The summed E-state index contributed by atoms with van der Waals surface area (Å²) >= 11 is 0. The zero-order valence-corrected chi connectivity index (χ0v) is 5.85. The molecule has 11 heavy (non-hydrogen) atoms. The molecule has 0 heterocycles. The van der Waals surface area contributed by atoms with E-state index in [9.17, 15) is 9.59 Å². The summed E-state index contributed by atoms with van der Waals surface area (Å²) in [4.78, 5) is 20.5. The topological polar surface area (TPSA) is 110 Å². The van der Waals surface area contributed by atoms with Crippen molar-refractivity contribution < 1.29 is 24.5 Å². The predicted molar refractivity (Wildman–Crippen MR) is 33.6 cm³/mol. The maximum absolute atomic E-state index is 10.4. The van der Waals surface area contributed by atoms with Gasteiger partial charge in [0.1, 0.15) is 6.04 Å². The number of methoxy groups -OCH3 is 1. The zero-order chi connectivity index (χ0) is 9.02. The molecule has 0 aromatic rings. The lowest BCUT2D eigenvalue weighted by Crippen LogP contribution is -2.46. The van der Waals surface area contributed by atoms with Gasteiger partial charge in [-0.15, -0.1) is 0 Å². The van der Waals surface area contributed by atoms with Crippen molar-refractivity contribution in [2.75, 3.05) is 7.11 Å². The van der Waals surface area contributed by atoms with Crippen molar-refractivity contribution in [1.29, 1.82) is 0 Å². The van der Waals surface area contributed by atoms with E-state index in [2.05, 4.69) is 4.74 Å². The van der Waals surface area contributed by atoms with E-state index < -0.39 is 24.1 Å². The number of rotatable bonds is 3. The number of aliphatic hydroxyl groups is 1. The van der Waals surface area contributed by atoms with Gasteiger partial charge in [0, 0.05) is 0 Å². The molecule has 0 aliphatic carbocycles. The molecular weight excluding hydrogens is 154 g/mol. The first-order chi connectivity index (χ1) is 5.00. The van der Waals surface area contributed by atoms with E-state index in [0.29, 0.717) is 0 Å². The number of carbonyl (C=O) groups excluding carboxylic acids is 1. The van der Waals surface area contributed by atoms with Gasteiger partial charge >= 0.3 is 11.9 Å². The van der Waals surface area contributed by atoms with Crippen molar-refractivity contribution in [3.63, 3.8) is 0 Å². The number of nitrogens with two attached hydrogens (primary N) is 1. The van der Waals surface area contributed by atoms with E-state index >= 15 is 0 Å². The highest BCUT2D eigenvalue weighted by Gasteiger charge is 2.28. The normalized spacial score (nSPS) is 15.2. The lowest BCUT2D eigenvalue weighted by Gasteiger charge is -2.11. The van der Waals surface area contributed by atoms with E-state index in [4.69, 9.17) is 15.9 Å². The minimum atomic E-state index is -1.81. The molecule has 0 fully saturated rings. The fourth-order valence-corrected chi connectivity index (χ4v) is 0.402. The van der Waals surface area contributed by atoms with Gasteiger partial charge in [-0.25, -0.2) is 4.79 Å². The molecule has 0 aromatic carbocycles. The summed E-state index contributed by atoms with van der Waals surface area (Å²) < 4.78 is 4.05. The standard InChI is InChI=1S/C5H9NO5/c1-11-5(10)3(7)2(6)4(8)9/h2-3,7H,6H2,1H3,(H,8,9)/t2-,3-/m1/s1. The van der Waals surface area contributed by atoms with E-state index in [1.54, 1.807) is 0 Å². The van der Waals surface area contributed by atoms with Crippen LogP contribution in [0.2, 0.25) is 0 Å². The molecule has 64 valence electrons. The Balaban J connectivity index is 4.12. The van der Waals surface area contributed by atoms with Crippen molar-refractivity contribution in [3.05, 3.63) is 0 Å². The van der Waals surface area contributed by atoms with E-state index in [0.717, 1.165) is 7.11 Å². The van der Waals surface area contributed by atoms with Crippen LogP contribution in [0.15, 0.2) is 0 Å². The average Bonchev–Trinajstić information content (AvgIpc) is 2.00. The van der Waals surface area contributed by atoms with Gasteiger partial charge in [0.2, 0.25) is 0 Å². The number of carboxylic acids is 1. The van der Waals surface area contributed by atoms with Crippen LogP contribution in [0.25, 0.3) is 0 Å². The van der Waals surface area contributed by atoms with Gasteiger partial charge in [-0.05, 0) is 0 Å². The van der Waals surface area contributed by atoms with Gasteiger partial charge < -0.3 is 20.7 Å². The van der Waals surface area contributed by atoms with Crippen molar-refractivity contribution in [2.45, 2.75) is 12.1 Å². The Morgan fingerprint density at radius 3 is 2.27 bits per heavy atom. The largest absolute Gasteiger partial charge is 0.480 e. The molecule has 0 bridgehead atoms. The molecule has 0 rings (SSSR count). The number of aliphatic hydroxyl groups excluding tert-OH is 1. The summed E-state index contributed by atoms with van der Waals surface area (Å²) in [7, 11) is 1.03. The molecule has 0 saturated carbocycles. The third-order valence-electron chi connectivity index (χ3n) is 1.07. The minimum absolute atomic E-state index is 1.03. The second-order valence-corrected chi connectivity index (χ2v) is 1.83. The molecule has 0 amide bonds. The van der Waals surface area contributed by atoms with Crippen LogP contribution >= 0.6 is 0 Å². The van der Waals surface area contributed by atoms with Crippen LogP contribution in [0.1, 0.15) is 0 Å². The smallest absolute Gasteiger partial charge is 0.336 e. The summed E-state index contributed by atoms with van der Waals surface area (Å²) in [6.45, 7) is 0. The third kappa shape index (κ3) is 2.52. The van der Waals surface area contributed by atoms with Crippen LogP contribution in [-0.4, -0.2) is 41.4 Å². The van der Waals surface area contributed by atoms with Gasteiger partial charge in [0.15, 0.2) is 6.10 Å². The molecule has 0 aliphatic rings. The number of carboxylic acid groups (broad SMARTS) is 1. The second kappa shape index (κ2) is 3.89. The maximum atomic E-state index is 10.4. The highest BCUT2D eigenvalue weighted by Crippen LogP contribution is 1.92. The summed E-state index contributed by atoms with van der Waals surface area (Å²) in [6, 6.07) is -1.64. The number of aliphatic carboxylic acids is 1. The highest BCUT2D eigenvalue weighted by molar-refractivity contribution is 5.84. The number of carbonyl (C=O) groups is 2. The van der Waals surface area contributed by atoms with Crippen LogP contribution in [0.4, 0.5) is 0 Å². The predicted octanol–water partition coefficient (Wildman–Crippen LogP) is -2.07. The van der Waals surface area contributed by atoms with E-state index in [1.807, 2.05) is 0 Å². The third-order valence-corrected chi connectivity index (χ3v) is 1.07. The van der Waals surface area contributed by atoms with Crippen LogP contribution in [0.5, 0.6) is 0 Å². The SMILES string of the molecule is COC(=O)[C@H](O)[C@@H](N)C(=O)O. The lowest BCUT2D eigenvalue weighted by atomic mass is 10.2. The van der Waals surface area contributed by atoms with E-state index in [-0.39, 0.29) is 0 Å². The van der Waals surface area contributed by atoms with Crippen LogP contribution < -0.4 is 5.73 Å². The van der Waals surface area contributed by atoms with Crippen LogP contribution in [0.3, 0.4) is 0 Å². The van der Waals surface area contributed by atoms with Crippen molar-refractivity contribution in [2.24, 2.45) is 5.73 Å². The molecule has 2 atom stereocenters.